The van der Waals surface area contributed by atoms with Gasteiger partial charge >= 0.3 is 0 Å². The summed E-state index contributed by atoms with van der Waals surface area (Å²) in [5, 5.41) is 2.58. The molecule has 2 aromatic carbocycles. The number of hydrogen-bond acceptors (Lipinski definition) is 3. The molecule has 0 aliphatic rings. The van der Waals surface area contributed by atoms with Crippen LogP contribution < -0.4 is 5.32 Å². The molecule has 0 aliphatic carbocycles. The third kappa shape index (κ3) is 4.56. The summed E-state index contributed by atoms with van der Waals surface area (Å²) in [5.74, 6) is -1.47. The molecule has 0 saturated heterocycles. The summed E-state index contributed by atoms with van der Waals surface area (Å²) < 4.78 is 41.4. The van der Waals surface area contributed by atoms with E-state index in [9.17, 15) is 17.6 Å². The van der Waals surface area contributed by atoms with Crippen molar-refractivity contribution in [1.82, 2.24) is 4.31 Å². The molecule has 1 amide bonds. The number of carbonyl (C=O) groups is 1. The SMILES string of the molecule is CCN(CC)S(=O)(=O)c1ccc(F)c(C(=O)Nc2cccc(I)c2)c1. The molecular formula is C17H18FIN2O3S. The Morgan fingerprint density at radius 3 is 2.44 bits per heavy atom. The normalized spacial score (nSPS) is 11.6. The lowest BCUT2D eigenvalue weighted by Crippen LogP contribution is -2.31. The minimum Gasteiger partial charge on any atom is -0.322 e. The van der Waals surface area contributed by atoms with Crippen molar-refractivity contribution in [1.29, 1.82) is 0 Å². The van der Waals surface area contributed by atoms with Gasteiger partial charge in [0.2, 0.25) is 10.0 Å². The minimum atomic E-state index is -3.77. The van der Waals surface area contributed by atoms with Crippen LogP contribution in [-0.2, 0) is 10.0 Å². The molecule has 2 aromatic rings. The Morgan fingerprint density at radius 2 is 1.84 bits per heavy atom. The average Bonchev–Trinajstić information content (AvgIpc) is 2.55. The molecule has 0 aliphatic heterocycles. The molecule has 0 radical (unpaired) electrons. The highest BCUT2D eigenvalue weighted by Gasteiger charge is 2.24. The van der Waals surface area contributed by atoms with Crippen LogP contribution in [0.1, 0.15) is 24.2 Å². The van der Waals surface area contributed by atoms with Crippen LogP contribution in [0.4, 0.5) is 10.1 Å². The second kappa shape index (κ2) is 8.24. The van der Waals surface area contributed by atoms with Crippen molar-refractivity contribution in [2.45, 2.75) is 18.7 Å². The summed E-state index contributed by atoms with van der Waals surface area (Å²) in [5.41, 5.74) is 0.195. The predicted octanol–water partition coefficient (Wildman–Crippen LogP) is 3.71. The molecule has 2 rings (SSSR count). The highest BCUT2D eigenvalue weighted by Crippen LogP contribution is 2.21. The molecule has 0 fully saturated rings. The van der Waals surface area contributed by atoms with Crippen LogP contribution in [0.5, 0.6) is 0 Å². The molecule has 0 aromatic heterocycles. The third-order valence-electron chi connectivity index (χ3n) is 3.61. The topological polar surface area (TPSA) is 66.5 Å². The number of nitrogens with zero attached hydrogens (tertiary/aromatic N) is 1. The van der Waals surface area contributed by atoms with Gasteiger partial charge in [-0.05, 0) is 59.0 Å². The van der Waals surface area contributed by atoms with E-state index >= 15 is 0 Å². The molecule has 134 valence electrons. The quantitative estimate of drug-likeness (QED) is 0.647. The van der Waals surface area contributed by atoms with E-state index in [4.69, 9.17) is 0 Å². The van der Waals surface area contributed by atoms with Gasteiger partial charge in [0.15, 0.2) is 0 Å². The van der Waals surface area contributed by atoms with Gasteiger partial charge in [-0.2, -0.15) is 4.31 Å². The number of anilines is 1. The van der Waals surface area contributed by atoms with Crippen LogP contribution in [0.15, 0.2) is 47.4 Å². The van der Waals surface area contributed by atoms with Gasteiger partial charge in [0.1, 0.15) is 5.82 Å². The molecule has 5 nitrogen and oxygen atoms in total. The first-order valence-corrected chi connectivity index (χ1v) is 10.2. The van der Waals surface area contributed by atoms with Crippen LogP contribution in [0.2, 0.25) is 0 Å². The first-order chi connectivity index (χ1) is 11.8. The molecule has 0 spiro atoms. The van der Waals surface area contributed by atoms with Gasteiger partial charge in [-0.25, -0.2) is 12.8 Å². The van der Waals surface area contributed by atoms with Crippen molar-refractivity contribution < 1.29 is 17.6 Å². The molecule has 1 N–H and O–H groups in total. The van der Waals surface area contributed by atoms with Gasteiger partial charge in [-0.15, -0.1) is 0 Å². The van der Waals surface area contributed by atoms with E-state index in [2.05, 4.69) is 27.9 Å². The monoisotopic (exact) mass is 476 g/mol. The van der Waals surface area contributed by atoms with E-state index in [0.29, 0.717) is 18.8 Å². The Morgan fingerprint density at radius 1 is 1.16 bits per heavy atom. The van der Waals surface area contributed by atoms with E-state index in [0.717, 1.165) is 15.7 Å². The standard InChI is InChI=1S/C17H18FIN2O3S/c1-3-21(4-2)25(23,24)14-8-9-16(18)15(11-14)17(22)20-13-7-5-6-12(19)10-13/h5-11H,3-4H2,1-2H3,(H,20,22). The van der Waals surface area contributed by atoms with Crippen LogP contribution in [0, 0.1) is 9.39 Å². The maximum Gasteiger partial charge on any atom is 0.258 e. The number of carbonyl (C=O) groups excluding carboxylic acids is 1. The van der Waals surface area contributed by atoms with Crippen molar-refractivity contribution in [3.8, 4) is 0 Å². The smallest absolute Gasteiger partial charge is 0.258 e. The van der Waals surface area contributed by atoms with Gasteiger partial charge < -0.3 is 5.32 Å². The molecule has 8 heteroatoms. The van der Waals surface area contributed by atoms with Crippen LogP contribution in [0.25, 0.3) is 0 Å². The number of nitrogens with one attached hydrogen (secondary N) is 1. The number of rotatable bonds is 6. The fourth-order valence-electron chi connectivity index (χ4n) is 2.32. The van der Waals surface area contributed by atoms with Crippen LogP contribution in [0.3, 0.4) is 0 Å². The second-order valence-corrected chi connectivity index (χ2v) is 8.38. The summed E-state index contributed by atoms with van der Waals surface area (Å²) in [6.07, 6.45) is 0. The molecule has 0 unspecified atom stereocenters. The van der Waals surface area contributed by atoms with Gasteiger partial charge in [0.25, 0.3) is 5.91 Å². The lowest BCUT2D eigenvalue weighted by molar-refractivity contribution is 0.102. The lowest BCUT2D eigenvalue weighted by Gasteiger charge is -2.19. The van der Waals surface area contributed by atoms with Gasteiger partial charge in [0.05, 0.1) is 10.5 Å². The zero-order valence-electron chi connectivity index (χ0n) is 13.8. The molecule has 0 atom stereocenters. The fourth-order valence-corrected chi connectivity index (χ4v) is 4.34. The van der Waals surface area contributed by atoms with Crippen molar-refractivity contribution in [2.24, 2.45) is 0 Å². The predicted molar refractivity (Wildman–Crippen MR) is 104 cm³/mol. The molecular weight excluding hydrogens is 458 g/mol. The van der Waals surface area contributed by atoms with Crippen molar-refractivity contribution in [3.63, 3.8) is 0 Å². The summed E-state index contributed by atoms with van der Waals surface area (Å²) in [4.78, 5) is 12.3. The first kappa shape index (κ1) is 19.8. The summed E-state index contributed by atoms with van der Waals surface area (Å²) in [6.45, 7) is 4.02. The first-order valence-electron chi connectivity index (χ1n) is 7.66. The molecule has 25 heavy (non-hydrogen) atoms. The Balaban J connectivity index is 2.37. The van der Waals surface area contributed by atoms with Crippen LogP contribution >= 0.6 is 22.6 Å². The van der Waals surface area contributed by atoms with Gasteiger partial charge in [-0.3, -0.25) is 4.79 Å². The highest BCUT2D eigenvalue weighted by atomic mass is 127. The summed E-state index contributed by atoms with van der Waals surface area (Å²) in [7, 11) is -3.77. The van der Waals surface area contributed by atoms with E-state index in [-0.39, 0.29) is 10.5 Å². The molecule has 0 saturated carbocycles. The minimum absolute atomic E-state index is 0.106. The zero-order valence-corrected chi connectivity index (χ0v) is 16.8. The van der Waals surface area contributed by atoms with Crippen molar-refractivity contribution >= 4 is 44.2 Å². The van der Waals surface area contributed by atoms with Crippen LogP contribution in [-0.4, -0.2) is 31.7 Å². The van der Waals surface area contributed by atoms with E-state index in [1.807, 2.05) is 6.07 Å². The van der Waals surface area contributed by atoms with Crippen molar-refractivity contribution in [3.05, 3.63) is 57.4 Å². The van der Waals surface area contributed by atoms with Crippen molar-refractivity contribution in [2.75, 3.05) is 18.4 Å². The Kier molecular flexibility index (Phi) is 6.53. The summed E-state index contributed by atoms with van der Waals surface area (Å²) >= 11 is 2.09. The zero-order chi connectivity index (χ0) is 18.6. The van der Waals surface area contributed by atoms with Gasteiger partial charge in [-0.1, -0.05) is 19.9 Å². The number of amides is 1. The Labute approximate surface area is 160 Å². The van der Waals surface area contributed by atoms with Gasteiger partial charge in [0, 0.05) is 22.3 Å². The van der Waals surface area contributed by atoms with E-state index in [1.54, 1.807) is 32.0 Å². The maximum absolute atomic E-state index is 14.1. The maximum atomic E-state index is 14.1. The largest absolute Gasteiger partial charge is 0.322 e. The Bertz CT molecular complexity index is 883. The second-order valence-electron chi connectivity index (χ2n) is 5.20. The van der Waals surface area contributed by atoms with E-state index < -0.39 is 21.7 Å². The third-order valence-corrected chi connectivity index (χ3v) is 6.33. The average molecular weight is 476 g/mol. The number of hydrogen-bond donors (Lipinski definition) is 1. The Hall–Kier alpha value is -1.52. The molecule has 0 heterocycles. The lowest BCUT2D eigenvalue weighted by atomic mass is 10.2. The number of halogens is 2. The van der Waals surface area contributed by atoms with E-state index in [1.165, 1.54) is 10.4 Å². The fraction of sp³-hybridized carbons (Fsp3) is 0.235. The highest BCUT2D eigenvalue weighted by molar-refractivity contribution is 14.1. The number of benzene rings is 2. The summed E-state index contributed by atoms with van der Waals surface area (Å²) in [6, 6.07) is 10.3. The molecule has 0 bridgehead atoms. The number of sulfonamides is 1.